The molecule has 21 heavy (non-hydrogen) atoms. The molecule has 1 amide bonds. The molecule has 4 nitrogen and oxygen atoms in total. The monoisotopic (exact) mass is 338 g/mol. The predicted octanol–water partition coefficient (Wildman–Crippen LogP) is 4.12. The van der Waals surface area contributed by atoms with Crippen LogP contribution in [0.3, 0.4) is 0 Å². The van der Waals surface area contributed by atoms with Crippen LogP contribution >= 0.6 is 34.7 Å². The molecule has 0 saturated heterocycles. The van der Waals surface area contributed by atoms with Gasteiger partial charge >= 0.3 is 0 Å². The number of carbonyl (C=O) groups is 1. The molecule has 1 aromatic heterocycles. The summed E-state index contributed by atoms with van der Waals surface area (Å²) < 4.78 is 0. The second kappa shape index (κ2) is 5.71. The van der Waals surface area contributed by atoms with Gasteiger partial charge in [-0.05, 0) is 25.1 Å². The minimum atomic E-state index is -0.333. The molecule has 1 aromatic carbocycles. The molecule has 2 aromatic rings. The first-order valence-corrected chi connectivity index (χ1v) is 8.31. The summed E-state index contributed by atoms with van der Waals surface area (Å²) in [5.41, 5.74) is 0.932. The van der Waals surface area contributed by atoms with E-state index < -0.39 is 0 Å². The predicted molar refractivity (Wildman–Crippen MR) is 87.2 cm³/mol. The van der Waals surface area contributed by atoms with E-state index in [-0.39, 0.29) is 11.7 Å². The number of thioether (sulfide) groups is 1. The summed E-state index contributed by atoms with van der Waals surface area (Å²) in [6, 6.07) is 5.28. The fourth-order valence-corrected chi connectivity index (χ4v) is 3.83. The van der Waals surface area contributed by atoms with Crippen molar-refractivity contribution in [3.63, 3.8) is 0 Å². The maximum atomic E-state index is 12.3. The molecule has 2 heterocycles. The quantitative estimate of drug-likeness (QED) is 0.864. The number of carbonyl (C=O) groups excluding carboxylic acids is 1. The Kier molecular flexibility index (Phi) is 3.93. The highest BCUT2D eigenvalue weighted by atomic mass is 35.5. The van der Waals surface area contributed by atoms with Gasteiger partial charge in [0.15, 0.2) is 5.13 Å². The number of nitrogens with zero attached hydrogens (tertiary/aromatic N) is 1. The van der Waals surface area contributed by atoms with E-state index in [1.54, 1.807) is 18.3 Å². The molecule has 1 aliphatic heterocycles. The molecule has 3 rings (SSSR count). The molecule has 0 fully saturated rings. The van der Waals surface area contributed by atoms with Crippen LogP contribution in [0.15, 0.2) is 34.9 Å². The summed E-state index contributed by atoms with van der Waals surface area (Å²) in [6.07, 6.45) is 1.69. The maximum Gasteiger partial charge on any atom is 0.257 e. The van der Waals surface area contributed by atoms with Crippen LogP contribution in [-0.4, -0.2) is 21.8 Å². The maximum absolute atomic E-state index is 12.3. The van der Waals surface area contributed by atoms with Crippen LogP contribution in [0, 0.1) is 6.92 Å². The van der Waals surface area contributed by atoms with E-state index in [4.69, 9.17) is 11.6 Å². The van der Waals surface area contributed by atoms with Crippen molar-refractivity contribution in [2.45, 2.75) is 11.8 Å². The highest BCUT2D eigenvalue weighted by molar-refractivity contribution is 7.99. The van der Waals surface area contributed by atoms with Gasteiger partial charge in [-0.3, -0.25) is 10.1 Å². The van der Waals surface area contributed by atoms with E-state index in [1.807, 2.05) is 13.0 Å². The van der Waals surface area contributed by atoms with Crippen LogP contribution in [0.5, 0.6) is 0 Å². The van der Waals surface area contributed by atoms with Gasteiger partial charge in [-0.1, -0.05) is 11.6 Å². The number of aliphatic hydroxyl groups excluding tert-OH is 1. The Morgan fingerprint density at radius 1 is 1.48 bits per heavy atom. The first kappa shape index (κ1) is 14.4. The van der Waals surface area contributed by atoms with Crippen molar-refractivity contribution in [1.82, 2.24) is 4.98 Å². The number of aryl methyl sites for hydroxylation is 1. The molecule has 0 unspecified atom stereocenters. The zero-order chi connectivity index (χ0) is 15.0. The highest BCUT2D eigenvalue weighted by Crippen LogP contribution is 2.37. The third kappa shape index (κ3) is 2.92. The summed E-state index contributed by atoms with van der Waals surface area (Å²) in [5, 5.41) is 14.1. The molecule has 0 saturated carbocycles. The van der Waals surface area contributed by atoms with Crippen LogP contribution < -0.4 is 5.32 Å². The second-order valence-corrected chi connectivity index (χ2v) is 7.17. The van der Waals surface area contributed by atoms with Crippen LogP contribution in [0.2, 0.25) is 5.02 Å². The van der Waals surface area contributed by atoms with Crippen LogP contribution in [0.1, 0.15) is 10.4 Å². The normalized spacial score (nSPS) is 14.0. The highest BCUT2D eigenvalue weighted by Gasteiger charge is 2.24. The number of thiazole rings is 1. The minimum absolute atomic E-state index is 0.0166. The van der Waals surface area contributed by atoms with Crippen LogP contribution in [0.25, 0.3) is 5.76 Å². The Morgan fingerprint density at radius 3 is 3.00 bits per heavy atom. The lowest BCUT2D eigenvalue weighted by atomic mass is 10.1. The van der Waals surface area contributed by atoms with Crippen molar-refractivity contribution in [2.24, 2.45) is 0 Å². The second-order valence-electron chi connectivity index (χ2n) is 4.49. The number of fused-ring (bicyclic) bond motifs is 1. The molecule has 7 heteroatoms. The van der Waals surface area contributed by atoms with E-state index in [0.717, 1.165) is 9.77 Å². The van der Waals surface area contributed by atoms with Crippen molar-refractivity contribution in [1.29, 1.82) is 0 Å². The van der Waals surface area contributed by atoms with Gasteiger partial charge in [-0.15, -0.1) is 23.1 Å². The average molecular weight is 339 g/mol. The summed E-state index contributed by atoms with van der Waals surface area (Å²) in [7, 11) is 0. The van der Waals surface area contributed by atoms with Crippen LogP contribution in [0.4, 0.5) is 5.13 Å². The molecule has 2 N–H and O–H groups in total. The number of aromatic nitrogens is 1. The van der Waals surface area contributed by atoms with Gasteiger partial charge in [0.2, 0.25) is 0 Å². The topological polar surface area (TPSA) is 62.2 Å². The van der Waals surface area contributed by atoms with E-state index in [0.29, 0.717) is 27.0 Å². The Balaban J connectivity index is 1.91. The average Bonchev–Trinajstić information content (AvgIpc) is 2.85. The lowest BCUT2D eigenvalue weighted by Crippen LogP contribution is -2.19. The van der Waals surface area contributed by atoms with Gasteiger partial charge in [0, 0.05) is 32.3 Å². The van der Waals surface area contributed by atoms with Gasteiger partial charge in [0.05, 0.1) is 5.57 Å². The molecule has 0 atom stereocenters. The number of anilines is 1. The fourth-order valence-electron chi connectivity index (χ4n) is 1.95. The molecule has 0 spiro atoms. The molecule has 108 valence electrons. The van der Waals surface area contributed by atoms with E-state index in [9.17, 15) is 9.90 Å². The van der Waals surface area contributed by atoms with Crippen molar-refractivity contribution in [2.75, 3.05) is 11.1 Å². The van der Waals surface area contributed by atoms with Crippen molar-refractivity contribution < 1.29 is 9.90 Å². The standard InChI is InChI=1S/C14H11ClN2O2S2/c1-7-5-16-14(21-7)17-13(19)10-6-20-11-3-2-8(15)4-9(11)12(10)18/h2-5,18H,6H2,1H3,(H,16,17,19). The smallest absolute Gasteiger partial charge is 0.257 e. The number of hydrogen-bond donors (Lipinski definition) is 2. The SMILES string of the molecule is Cc1cnc(NC(=O)C2=C(O)c3cc(Cl)ccc3SC2)s1. The van der Waals surface area contributed by atoms with Gasteiger partial charge in [-0.25, -0.2) is 4.98 Å². The summed E-state index contributed by atoms with van der Waals surface area (Å²) >= 11 is 8.84. The van der Waals surface area contributed by atoms with Gasteiger partial charge < -0.3 is 5.11 Å². The number of halogens is 1. The number of amides is 1. The zero-order valence-corrected chi connectivity index (χ0v) is 13.4. The van der Waals surface area contributed by atoms with Gasteiger partial charge in [0.25, 0.3) is 5.91 Å². The van der Waals surface area contributed by atoms with Gasteiger partial charge in [0.1, 0.15) is 5.76 Å². The van der Waals surface area contributed by atoms with Crippen molar-refractivity contribution in [3.05, 3.63) is 45.4 Å². The fraction of sp³-hybridized carbons (Fsp3) is 0.143. The Bertz CT molecular complexity index is 755. The van der Waals surface area contributed by atoms with Crippen molar-refractivity contribution in [3.8, 4) is 0 Å². The first-order valence-electron chi connectivity index (χ1n) is 6.13. The third-order valence-electron chi connectivity index (χ3n) is 2.97. The summed E-state index contributed by atoms with van der Waals surface area (Å²) in [4.78, 5) is 18.3. The number of nitrogens with one attached hydrogen (secondary N) is 1. The Labute approximate surface area is 134 Å². The lowest BCUT2D eigenvalue weighted by Gasteiger charge is -2.18. The Morgan fingerprint density at radius 2 is 2.29 bits per heavy atom. The number of hydrogen-bond acceptors (Lipinski definition) is 5. The molecule has 0 aliphatic carbocycles. The molecule has 1 aliphatic rings. The molecule has 0 radical (unpaired) electrons. The van der Waals surface area contributed by atoms with E-state index in [2.05, 4.69) is 10.3 Å². The summed E-state index contributed by atoms with van der Waals surface area (Å²) in [5.74, 6) is 0.0634. The molecule has 0 bridgehead atoms. The van der Waals surface area contributed by atoms with Gasteiger partial charge in [-0.2, -0.15) is 0 Å². The van der Waals surface area contributed by atoms with E-state index >= 15 is 0 Å². The molecular weight excluding hydrogens is 328 g/mol. The first-order chi connectivity index (χ1) is 10.0. The third-order valence-corrected chi connectivity index (χ3v) is 5.13. The minimum Gasteiger partial charge on any atom is -0.507 e. The lowest BCUT2D eigenvalue weighted by molar-refractivity contribution is -0.112. The number of benzene rings is 1. The van der Waals surface area contributed by atoms with E-state index in [1.165, 1.54) is 23.1 Å². The largest absolute Gasteiger partial charge is 0.507 e. The number of aliphatic hydroxyl groups is 1. The van der Waals surface area contributed by atoms with Crippen molar-refractivity contribution >= 4 is 51.5 Å². The zero-order valence-electron chi connectivity index (χ0n) is 11.0. The van der Waals surface area contributed by atoms with Crippen LogP contribution in [-0.2, 0) is 4.79 Å². The molecular formula is C14H11ClN2O2S2. The summed E-state index contributed by atoms with van der Waals surface area (Å²) in [6.45, 7) is 1.92. The number of rotatable bonds is 2. The Hall–Kier alpha value is -1.50.